The highest BCUT2D eigenvalue weighted by atomic mass is 35.5. The summed E-state index contributed by atoms with van der Waals surface area (Å²) in [6.07, 6.45) is 0. The van der Waals surface area contributed by atoms with Crippen molar-refractivity contribution in [3.05, 3.63) is 21.6 Å². The van der Waals surface area contributed by atoms with Gasteiger partial charge < -0.3 is 21.1 Å². The van der Waals surface area contributed by atoms with Crippen molar-refractivity contribution in [3.8, 4) is 0 Å². The second-order valence-corrected chi connectivity index (χ2v) is 11.8. The molecule has 2 aromatic heterocycles. The summed E-state index contributed by atoms with van der Waals surface area (Å²) in [4.78, 5) is 43.1. The number of rotatable bonds is 7. The van der Waals surface area contributed by atoms with E-state index in [9.17, 15) is 19.5 Å². The molecule has 4 rings (SSSR count). The van der Waals surface area contributed by atoms with Crippen LogP contribution >= 0.6 is 57.8 Å². The zero-order valence-corrected chi connectivity index (χ0v) is 20.5. The number of carbonyl (C=O) groups is 3. The minimum atomic E-state index is -1.12. The van der Waals surface area contributed by atoms with Crippen LogP contribution in [0.2, 0.25) is 0 Å². The second kappa shape index (κ2) is 9.17. The third-order valence-corrected chi connectivity index (χ3v) is 9.76. The second-order valence-electron chi connectivity index (χ2n) is 7.17. The number of thiazole rings is 1. The van der Waals surface area contributed by atoms with Gasteiger partial charge in [0.2, 0.25) is 5.91 Å². The summed E-state index contributed by atoms with van der Waals surface area (Å²) < 4.78 is 0.693. The number of nitrogens with zero attached hydrogens (tertiary/aromatic N) is 4. The first-order chi connectivity index (χ1) is 15.2. The van der Waals surface area contributed by atoms with E-state index in [0.29, 0.717) is 20.9 Å². The first-order valence-corrected chi connectivity index (χ1v) is 13.3. The van der Waals surface area contributed by atoms with Gasteiger partial charge in [0.15, 0.2) is 9.47 Å². The fourth-order valence-corrected chi connectivity index (χ4v) is 7.75. The summed E-state index contributed by atoms with van der Waals surface area (Å²) in [6.45, 7) is 1.90. The van der Waals surface area contributed by atoms with Gasteiger partial charge in [-0.2, -0.15) is 0 Å². The molecule has 2 amide bonds. The van der Waals surface area contributed by atoms with Gasteiger partial charge in [-0.25, -0.2) is 4.98 Å². The Morgan fingerprint density at radius 1 is 1.50 bits per heavy atom. The molecule has 4 N–H and O–H groups in total. The zero-order chi connectivity index (χ0) is 23.0. The Balaban J connectivity index is 1.41. The quantitative estimate of drug-likeness (QED) is 0.273. The third-order valence-electron chi connectivity index (χ3n) is 5.02. The lowest BCUT2D eigenvalue weighted by molar-refractivity contribution is -0.157. The Bertz CT molecular complexity index is 1110. The fourth-order valence-electron chi connectivity index (χ4n) is 3.29. The van der Waals surface area contributed by atoms with Crippen LogP contribution in [-0.4, -0.2) is 72.4 Å². The number of aromatic nitrogens is 3. The molecule has 0 spiro atoms. The molecule has 2 aliphatic heterocycles. The molecule has 32 heavy (non-hydrogen) atoms. The molecule has 2 unspecified atom stereocenters. The summed E-state index contributed by atoms with van der Waals surface area (Å²) >= 11 is 11.0. The van der Waals surface area contributed by atoms with Gasteiger partial charge in [-0.05, 0) is 6.92 Å². The van der Waals surface area contributed by atoms with Crippen LogP contribution in [0.4, 0.5) is 5.13 Å². The first kappa shape index (κ1) is 23.3. The summed E-state index contributed by atoms with van der Waals surface area (Å²) in [5.74, 6) is -1.27. The van der Waals surface area contributed by atoms with E-state index in [1.165, 1.54) is 51.1 Å². The van der Waals surface area contributed by atoms with E-state index >= 15 is 0 Å². The molecule has 2 fully saturated rings. The van der Waals surface area contributed by atoms with E-state index in [-0.39, 0.29) is 29.2 Å². The van der Waals surface area contributed by atoms with Gasteiger partial charge in [0.05, 0.1) is 11.3 Å². The van der Waals surface area contributed by atoms with E-state index in [1.54, 1.807) is 5.38 Å². The van der Waals surface area contributed by atoms with Gasteiger partial charge in [-0.15, -0.1) is 33.3 Å². The number of anilines is 1. The number of nitrogens with two attached hydrogens (primary N) is 1. The van der Waals surface area contributed by atoms with Crippen LogP contribution in [-0.2, 0) is 14.4 Å². The maximum absolute atomic E-state index is 12.8. The molecular weight excluding hydrogens is 516 g/mol. The number of aryl methyl sites for hydroxylation is 1. The molecule has 3 atom stereocenters. The average molecular weight is 533 g/mol. The van der Waals surface area contributed by atoms with Gasteiger partial charge >= 0.3 is 5.97 Å². The summed E-state index contributed by atoms with van der Waals surface area (Å²) in [5, 5.41) is 22.9. The number of nitrogens with one attached hydrogen (secondary N) is 1. The molecule has 0 bridgehead atoms. The van der Waals surface area contributed by atoms with Crippen molar-refractivity contribution in [1.82, 2.24) is 25.4 Å². The van der Waals surface area contributed by atoms with Crippen LogP contribution in [0.1, 0.15) is 10.7 Å². The number of β-lactam (4-membered cyclic amide) rings is 1. The molecule has 15 heteroatoms. The Morgan fingerprint density at radius 2 is 2.28 bits per heavy atom. The molecule has 0 aliphatic carbocycles. The number of halogens is 1. The number of thioether (sulfide) groups is 2. The minimum Gasteiger partial charge on any atom is -0.481 e. The van der Waals surface area contributed by atoms with Crippen molar-refractivity contribution < 1.29 is 19.5 Å². The van der Waals surface area contributed by atoms with Gasteiger partial charge in [-0.1, -0.05) is 34.7 Å². The molecule has 0 radical (unpaired) electrons. The number of nitrogen functional groups attached to an aromatic ring is 1. The van der Waals surface area contributed by atoms with Crippen LogP contribution in [0.15, 0.2) is 15.3 Å². The van der Waals surface area contributed by atoms with E-state index in [1.807, 2.05) is 6.92 Å². The van der Waals surface area contributed by atoms with Crippen LogP contribution in [0.3, 0.4) is 0 Å². The number of fused-ring (bicyclic) bond motifs is 1. The molecule has 170 valence electrons. The fraction of sp³-hybridized carbons (Fsp3) is 0.412. The Hall–Kier alpha value is -1.87. The van der Waals surface area contributed by atoms with Crippen molar-refractivity contribution in [3.63, 3.8) is 0 Å². The van der Waals surface area contributed by atoms with Gasteiger partial charge in [-0.3, -0.25) is 14.4 Å². The number of carboxylic acid groups (broad SMARTS) is 1. The lowest BCUT2D eigenvalue weighted by Gasteiger charge is -2.53. The van der Waals surface area contributed by atoms with Crippen molar-refractivity contribution in [2.24, 2.45) is 5.41 Å². The standard InChI is InChI=1S/C17H17ClN6O4S4/c1-7-22-23-16(32-7)31-6-17(14(27)28)4-24-12(26)10(13(24)30-5-17)21-11(25)8(2-18)9-3-29-15(19)20-9/h2-3,10,13H,4-6H2,1H3,(H2,19,20)(H,21,25)(H,27,28)/t10?,13-,17?/m1/s1. The smallest absolute Gasteiger partial charge is 0.313 e. The van der Waals surface area contributed by atoms with Crippen molar-refractivity contribution in [2.45, 2.75) is 22.7 Å². The molecule has 2 saturated heterocycles. The summed E-state index contributed by atoms with van der Waals surface area (Å²) in [7, 11) is 0. The third kappa shape index (κ3) is 4.33. The monoisotopic (exact) mass is 532 g/mol. The average Bonchev–Trinajstić information content (AvgIpc) is 3.38. The molecule has 0 aromatic carbocycles. The van der Waals surface area contributed by atoms with Crippen LogP contribution in [0.5, 0.6) is 0 Å². The highest BCUT2D eigenvalue weighted by molar-refractivity contribution is 8.01. The lowest BCUT2D eigenvalue weighted by Crippen LogP contribution is -2.74. The van der Waals surface area contributed by atoms with E-state index in [2.05, 4.69) is 20.5 Å². The Morgan fingerprint density at radius 3 is 2.88 bits per heavy atom. The number of hydrogen-bond acceptors (Lipinski definition) is 11. The maximum atomic E-state index is 12.8. The lowest BCUT2D eigenvalue weighted by atomic mass is 9.89. The molecule has 2 aliphatic rings. The first-order valence-electron chi connectivity index (χ1n) is 9.15. The van der Waals surface area contributed by atoms with Crippen molar-refractivity contribution in [2.75, 3.05) is 23.8 Å². The number of hydrogen-bond donors (Lipinski definition) is 3. The van der Waals surface area contributed by atoms with Crippen LogP contribution < -0.4 is 11.1 Å². The number of amides is 2. The van der Waals surface area contributed by atoms with Gasteiger partial charge in [0.25, 0.3) is 5.91 Å². The number of carbonyl (C=O) groups excluding carboxylic acids is 2. The summed E-state index contributed by atoms with van der Waals surface area (Å²) in [5.41, 5.74) is 6.03. The Kier molecular flexibility index (Phi) is 6.68. The largest absolute Gasteiger partial charge is 0.481 e. The zero-order valence-electron chi connectivity index (χ0n) is 16.5. The molecule has 2 aromatic rings. The maximum Gasteiger partial charge on any atom is 0.313 e. The predicted molar refractivity (Wildman–Crippen MR) is 126 cm³/mol. The van der Waals surface area contributed by atoms with Crippen molar-refractivity contribution in [1.29, 1.82) is 0 Å². The highest BCUT2D eigenvalue weighted by Crippen LogP contribution is 2.44. The van der Waals surface area contributed by atoms with Gasteiger partial charge in [0.1, 0.15) is 21.8 Å². The van der Waals surface area contributed by atoms with Gasteiger partial charge in [0, 0.05) is 29.0 Å². The molecule has 10 nitrogen and oxygen atoms in total. The van der Waals surface area contributed by atoms with E-state index < -0.39 is 23.3 Å². The van der Waals surface area contributed by atoms with Crippen LogP contribution in [0.25, 0.3) is 5.57 Å². The Labute approximate surface area is 204 Å². The minimum absolute atomic E-state index is 0.0663. The van der Waals surface area contributed by atoms with Crippen molar-refractivity contribution >= 4 is 86.3 Å². The number of carboxylic acids is 1. The molecular formula is C17H17ClN6O4S4. The normalized spacial score (nSPS) is 25.2. The van der Waals surface area contributed by atoms with Crippen LogP contribution in [0, 0.1) is 12.3 Å². The van der Waals surface area contributed by atoms with E-state index in [0.717, 1.165) is 10.5 Å². The topological polar surface area (TPSA) is 151 Å². The van der Waals surface area contributed by atoms with E-state index in [4.69, 9.17) is 17.3 Å². The molecule has 4 heterocycles. The SMILES string of the molecule is Cc1nnc(SCC2(C(=O)O)CS[C@@H]3C(NC(=O)C(=CCl)c4csc(N)n4)C(=O)N3C2)s1. The number of aliphatic carboxylic acids is 1. The highest BCUT2D eigenvalue weighted by Gasteiger charge is 2.57. The predicted octanol–water partition coefficient (Wildman–Crippen LogP) is 1.73. The summed E-state index contributed by atoms with van der Waals surface area (Å²) in [6, 6.07) is -0.764. The molecule has 0 saturated carbocycles.